The summed E-state index contributed by atoms with van der Waals surface area (Å²) in [5, 5.41) is 9.32. The molecule has 1 aliphatic heterocycles. The summed E-state index contributed by atoms with van der Waals surface area (Å²) in [7, 11) is 2.93. The molecule has 2 amide bonds. The highest BCUT2D eigenvalue weighted by atomic mass is 32.2. The molecule has 0 bridgehead atoms. The molecule has 0 spiro atoms. The highest BCUT2D eigenvalue weighted by Gasteiger charge is 2.41. The monoisotopic (exact) mass is 621 g/mol. The molecule has 4 aromatic rings. The number of anilines is 1. The number of amides is 2. The molecule has 1 aliphatic rings. The third-order valence-electron chi connectivity index (χ3n) is 7.11. The van der Waals surface area contributed by atoms with Crippen LogP contribution in [0.2, 0.25) is 0 Å². The Bertz CT molecular complexity index is 1840. The second kappa shape index (κ2) is 13.4. The van der Waals surface area contributed by atoms with Crippen LogP contribution in [0.15, 0.2) is 83.9 Å². The van der Waals surface area contributed by atoms with Gasteiger partial charge in [0.25, 0.3) is 0 Å². The van der Waals surface area contributed by atoms with Gasteiger partial charge in [-0.2, -0.15) is 5.26 Å². The van der Waals surface area contributed by atoms with Gasteiger partial charge in [0.1, 0.15) is 11.1 Å². The zero-order valence-electron chi connectivity index (χ0n) is 24.6. The molecule has 226 valence electrons. The van der Waals surface area contributed by atoms with E-state index < -0.39 is 35.4 Å². The van der Waals surface area contributed by atoms with Crippen molar-refractivity contribution in [3.05, 3.63) is 101 Å². The van der Waals surface area contributed by atoms with Crippen LogP contribution in [0.4, 0.5) is 5.69 Å². The second-order valence-corrected chi connectivity index (χ2v) is 11.2. The molecular weight excluding hydrogens is 594 g/mol. The van der Waals surface area contributed by atoms with Crippen LogP contribution in [-0.2, 0) is 14.3 Å². The Hall–Kier alpha value is -5.47. The van der Waals surface area contributed by atoms with E-state index in [0.29, 0.717) is 27.8 Å². The Kier molecular flexibility index (Phi) is 9.25. The lowest BCUT2D eigenvalue weighted by molar-refractivity contribution is -0.121. The van der Waals surface area contributed by atoms with E-state index in [4.69, 9.17) is 19.2 Å². The van der Waals surface area contributed by atoms with Gasteiger partial charge in [-0.1, -0.05) is 42.1 Å². The molecular formula is C34H27N3O7S. The third-order valence-corrected chi connectivity index (χ3v) is 8.29. The number of benzene rings is 3. The Morgan fingerprint density at radius 3 is 2.31 bits per heavy atom. The van der Waals surface area contributed by atoms with Crippen molar-refractivity contribution in [3.63, 3.8) is 0 Å². The van der Waals surface area contributed by atoms with Crippen LogP contribution < -0.4 is 14.4 Å². The molecule has 0 N–H and O–H groups in total. The third kappa shape index (κ3) is 6.56. The number of carbonyl (C=O) groups excluding carboxylic acids is 4. The fraction of sp³-hybridized carbons (Fsp3) is 0.176. The summed E-state index contributed by atoms with van der Waals surface area (Å²) in [4.78, 5) is 57.3. The number of methoxy groups -OCH3 is 2. The van der Waals surface area contributed by atoms with Crippen molar-refractivity contribution in [3.8, 4) is 28.8 Å². The lowest BCUT2D eigenvalue weighted by atomic mass is 10.1. The molecule has 10 nitrogen and oxygen atoms in total. The van der Waals surface area contributed by atoms with E-state index >= 15 is 0 Å². The van der Waals surface area contributed by atoms with Gasteiger partial charge in [0, 0.05) is 17.5 Å². The molecule has 0 radical (unpaired) electrons. The number of thioether (sulfide) groups is 1. The van der Waals surface area contributed by atoms with Crippen LogP contribution in [0.5, 0.6) is 11.5 Å². The number of pyridine rings is 1. The van der Waals surface area contributed by atoms with Crippen LogP contribution in [-0.4, -0.2) is 54.6 Å². The first-order valence-corrected chi connectivity index (χ1v) is 14.6. The van der Waals surface area contributed by atoms with Gasteiger partial charge in [-0.05, 0) is 61.0 Å². The van der Waals surface area contributed by atoms with E-state index in [-0.39, 0.29) is 23.2 Å². The fourth-order valence-corrected chi connectivity index (χ4v) is 5.89. The van der Waals surface area contributed by atoms with Crippen LogP contribution in [0.3, 0.4) is 0 Å². The summed E-state index contributed by atoms with van der Waals surface area (Å²) < 4.78 is 15.6. The average molecular weight is 622 g/mol. The quantitative estimate of drug-likeness (QED) is 0.128. The van der Waals surface area contributed by atoms with Crippen LogP contribution in [0.1, 0.15) is 38.3 Å². The number of aryl methyl sites for hydroxylation is 1. The smallest absolute Gasteiger partial charge is 0.338 e. The summed E-state index contributed by atoms with van der Waals surface area (Å²) in [5.41, 5.74) is 3.42. The molecule has 1 unspecified atom stereocenters. The Balaban J connectivity index is 1.25. The van der Waals surface area contributed by atoms with Crippen LogP contribution in [0, 0.1) is 18.3 Å². The lowest BCUT2D eigenvalue weighted by Crippen LogP contribution is -2.31. The van der Waals surface area contributed by atoms with Gasteiger partial charge in [0.15, 0.2) is 23.9 Å². The van der Waals surface area contributed by atoms with Crippen LogP contribution in [0.25, 0.3) is 11.3 Å². The molecule has 1 aromatic heterocycles. The van der Waals surface area contributed by atoms with Gasteiger partial charge in [0.05, 0.1) is 42.0 Å². The Labute approximate surface area is 263 Å². The van der Waals surface area contributed by atoms with Crippen molar-refractivity contribution in [2.24, 2.45) is 0 Å². The van der Waals surface area contributed by atoms with Gasteiger partial charge in [-0.25, -0.2) is 14.7 Å². The molecule has 11 heteroatoms. The molecule has 5 rings (SSSR count). The summed E-state index contributed by atoms with van der Waals surface area (Å²) in [6, 6.07) is 23.8. The largest absolute Gasteiger partial charge is 0.493 e. The summed E-state index contributed by atoms with van der Waals surface area (Å²) >= 11 is 1.08. The fourth-order valence-electron chi connectivity index (χ4n) is 4.81. The van der Waals surface area contributed by atoms with E-state index in [1.165, 1.54) is 44.6 Å². The van der Waals surface area contributed by atoms with Crippen molar-refractivity contribution < 1.29 is 33.4 Å². The number of Topliss-reactive ketones (excluding diaryl/α,β-unsaturated/α-hetero) is 1. The maximum absolute atomic E-state index is 13.4. The maximum atomic E-state index is 13.4. The molecule has 0 aliphatic carbocycles. The Morgan fingerprint density at radius 1 is 0.956 bits per heavy atom. The summed E-state index contributed by atoms with van der Waals surface area (Å²) in [5.74, 6) is -1.21. The standard InChI is InChI=1S/C34H27N3O7S/c1-20-15-24(18-35)32(36-31(20)21-7-5-4-6-8-21)45-29-17-30(39)37(33(29)40)25-12-9-22(10-13-25)34(41)44-19-26(38)23-11-14-27(42-2)28(16-23)43-3/h4-16,29H,17,19H2,1-3H3. The van der Waals surface area contributed by atoms with E-state index in [9.17, 15) is 24.4 Å². The molecule has 1 atom stereocenters. The second-order valence-electron chi connectivity index (χ2n) is 9.98. The van der Waals surface area contributed by atoms with Gasteiger partial charge in [0.2, 0.25) is 11.8 Å². The first kappa shape index (κ1) is 31.0. The number of nitrogens with zero attached hydrogens (tertiary/aromatic N) is 3. The number of imide groups is 1. The topological polar surface area (TPSA) is 136 Å². The van der Waals surface area contributed by atoms with E-state index in [1.54, 1.807) is 18.2 Å². The van der Waals surface area contributed by atoms with E-state index in [0.717, 1.165) is 27.8 Å². The maximum Gasteiger partial charge on any atom is 0.338 e. The van der Waals surface area contributed by atoms with Crippen molar-refractivity contribution in [1.82, 2.24) is 4.98 Å². The highest BCUT2D eigenvalue weighted by molar-refractivity contribution is 8.00. The van der Waals surface area contributed by atoms with Crippen molar-refractivity contribution >= 4 is 41.0 Å². The number of ketones is 1. The first-order chi connectivity index (χ1) is 21.7. The predicted octanol–water partition coefficient (Wildman–Crippen LogP) is 5.41. The zero-order valence-corrected chi connectivity index (χ0v) is 25.4. The molecule has 45 heavy (non-hydrogen) atoms. The predicted molar refractivity (Wildman–Crippen MR) is 166 cm³/mol. The minimum Gasteiger partial charge on any atom is -0.493 e. The molecule has 3 aromatic carbocycles. The number of hydrogen-bond donors (Lipinski definition) is 0. The number of aromatic nitrogens is 1. The van der Waals surface area contributed by atoms with Crippen molar-refractivity contribution in [2.45, 2.75) is 23.6 Å². The number of nitriles is 1. The van der Waals surface area contributed by atoms with Crippen molar-refractivity contribution in [1.29, 1.82) is 5.26 Å². The normalized spacial score (nSPS) is 14.2. The van der Waals surface area contributed by atoms with Crippen molar-refractivity contribution in [2.75, 3.05) is 25.7 Å². The van der Waals surface area contributed by atoms with E-state index in [1.807, 2.05) is 37.3 Å². The Morgan fingerprint density at radius 2 is 1.64 bits per heavy atom. The molecule has 2 heterocycles. The summed E-state index contributed by atoms with van der Waals surface area (Å²) in [6.07, 6.45) is -0.0767. The number of rotatable bonds is 10. The molecule has 0 saturated carbocycles. The van der Waals surface area contributed by atoms with Gasteiger partial charge in [-0.3, -0.25) is 14.4 Å². The van der Waals surface area contributed by atoms with E-state index in [2.05, 4.69) is 6.07 Å². The average Bonchev–Trinajstić information content (AvgIpc) is 3.35. The van der Waals surface area contributed by atoms with Gasteiger partial charge < -0.3 is 14.2 Å². The van der Waals surface area contributed by atoms with Gasteiger partial charge >= 0.3 is 5.97 Å². The zero-order chi connectivity index (χ0) is 32.1. The SMILES string of the molecule is COc1ccc(C(=O)COC(=O)c2ccc(N3C(=O)CC(Sc4nc(-c5ccccc5)c(C)cc4C#N)C3=O)cc2)cc1OC. The number of esters is 1. The van der Waals surface area contributed by atoms with Crippen LogP contribution >= 0.6 is 11.8 Å². The molecule has 1 saturated heterocycles. The minimum atomic E-state index is -0.782. The van der Waals surface area contributed by atoms with Gasteiger partial charge in [-0.15, -0.1) is 0 Å². The molecule has 1 fully saturated rings. The number of ether oxygens (including phenoxy) is 3. The highest BCUT2D eigenvalue weighted by Crippen LogP contribution is 2.36. The number of carbonyl (C=O) groups is 4. The minimum absolute atomic E-state index is 0.0767. The first-order valence-electron chi connectivity index (χ1n) is 13.8. The number of hydrogen-bond acceptors (Lipinski definition) is 10. The lowest BCUT2D eigenvalue weighted by Gasteiger charge is -2.16. The summed E-state index contributed by atoms with van der Waals surface area (Å²) in [6.45, 7) is 1.37.